The van der Waals surface area contributed by atoms with Crippen molar-refractivity contribution >= 4 is 38.7 Å². The van der Waals surface area contributed by atoms with Gasteiger partial charge in [-0.25, -0.2) is 8.42 Å². The van der Waals surface area contributed by atoms with Crippen molar-refractivity contribution in [2.24, 2.45) is 0 Å². The monoisotopic (exact) mass is 395 g/mol. The van der Waals surface area contributed by atoms with Crippen LogP contribution in [-0.2, 0) is 9.84 Å². The van der Waals surface area contributed by atoms with E-state index in [0.717, 1.165) is 0 Å². The fraction of sp³-hybridized carbons (Fsp3) is 0.118. The average Bonchev–Trinajstić information content (AvgIpc) is 3.29. The van der Waals surface area contributed by atoms with E-state index in [1.807, 2.05) is 0 Å². The van der Waals surface area contributed by atoms with Crippen LogP contribution in [0.3, 0.4) is 0 Å². The first kappa shape index (κ1) is 17.7. The highest BCUT2D eigenvalue weighted by molar-refractivity contribution is 7.91. The summed E-state index contributed by atoms with van der Waals surface area (Å²) in [5.74, 6) is -0.0562. The van der Waals surface area contributed by atoms with Gasteiger partial charge in [-0.15, -0.1) is 11.3 Å². The van der Waals surface area contributed by atoms with Crippen LogP contribution in [0.4, 0.5) is 0 Å². The predicted octanol–water partition coefficient (Wildman–Crippen LogP) is 3.94. The van der Waals surface area contributed by atoms with Crippen molar-refractivity contribution in [3.63, 3.8) is 0 Å². The molecular weight excluding hydrogens is 382 g/mol. The zero-order valence-corrected chi connectivity index (χ0v) is 15.3. The smallest absolute Gasteiger partial charge is 0.261 e. The highest BCUT2D eigenvalue weighted by atomic mass is 35.5. The molecule has 130 valence electrons. The highest BCUT2D eigenvalue weighted by Gasteiger charge is 2.32. The van der Waals surface area contributed by atoms with Gasteiger partial charge in [0, 0.05) is 11.6 Å². The maximum atomic E-state index is 13.0. The number of hydrogen-bond acceptors (Lipinski definition) is 5. The van der Waals surface area contributed by atoms with E-state index in [9.17, 15) is 13.2 Å². The molecule has 25 heavy (non-hydrogen) atoms. The van der Waals surface area contributed by atoms with Gasteiger partial charge in [0.2, 0.25) is 0 Å². The molecule has 2 aromatic heterocycles. The number of rotatable bonds is 6. The Hall–Kier alpha value is -2.09. The van der Waals surface area contributed by atoms with E-state index < -0.39 is 15.1 Å². The third-order valence-corrected chi connectivity index (χ3v) is 6.77. The number of halogens is 1. The SMILES string of the molecule is O=C(NC[C@@H](c1ccco1)S(=O)(=O)c1ccc(Cl)cc1)c1cccs1. The van der Waals surface area contributed by atoms with Gasteiger partial charge in [-0.1, -0.05) is 17.7 Å². The van der Waals surface area contributed by atoms with Crippen LogP contribution in [0.15, 0.2) is 69.5 Å². The van der Waals surface area contributed by atoms with Gasteiger partial charge in [-0.2, -0.15) is 0 Å². The molecule has 0 bridgehead atoms. The maximum absolute atomic E-state index is 13.0. The van der Waals surface area contributed by atoms with Gasteiger partial charge in [-0.05, 0) is 47.8 Å². The predicted molar refractivity (Wildman–Crippen MR) is 96.7 cm³/mol. The fourth-order valence-corrected chi connectivity index (χ4v) is 4.66. The Labute approximate surface area is 154 Å². The summed E-state index contributed by atoms with van der Waals surface area (Å²) >= 11 is 7.12. The van der Waals surface area contributed by atoms with Crippen LogP contribution in [0.1, 0.15) is 20.7 Å². The largest absolute Gasteiger partial charge is 0.468 e. The first-order valence-corrected chi connectivity index (χ1v) is 10.1. The van der Waals surface area contributed by atoms with Crippen LogP contribution in [0, 0.1) is 0 Å². The Balaban J connectivity index is 1.87. The molecule has 1 aromatic carbocycles. The molecule has 0 aliphatic carbocycles. The van der Waals surface area contributed by atoms with Gasteiger partial charge in [-0.3, -0.25) is 4.79 Å². The number of sulfone groups is 1. The molecule has 1 atom stereocenters. The van der Waals surface area contributed by atoms with Gasteiger partial charge in [0.25, 0.3) is 5.91 Å². The second kappa shape index (κ2) is 7.43. The number of carbonyl (C=O) groups is 1. The zero-order chi connectivity index (χ0) is 17.9. The van der Waals surface area contributed by atoms with Crippen LogP contribution in [-0.4, -0.2) is 20.9 Å². The van der Waals surface area contributed by atoms with E-state index >= 15 is 0 Å². The van der Waals surface area contributed by atoms with Gasteiger partial charge < -0.3 is 9.73 Å². The molecule has 0 spiro atoms. The van der Waals surface area contributed by atoms with Gasteiger partial charge in [0.15, 0.2) is 9.84 Å². The Kier molecular flexibility index (Phi) is 5.27. The van der Waals surface area contributed by atoms with Gasteiger partial charge >= 0.3 is 0 Å². The lowest BCUT2D eigenvalue weighted by Gasteiger charge is -2.16. The molecule has 1 amide bonds. The molecule has 0 saturated carbocycles. The Bertz CT molecular complexity index is 933. The third-order valence-electron chi connectivity index (χ3n) is 3.57. The molecule has 0 aliphatic heterocycles. The fourth-order valence-electron chi connectivity index (χ4n) is 2.31. The van der Waals surface area contributed by atoms with E-state index in [1.165, 1.54) is 41.9 Å². The summed E-state index contributed by atoms with van der Waals surface area (Å²) in [5.41, 5.74) is 0. The number of carbonyl (C=O) groups excluding carboxylic acids is 1. The van der Waals surface area contributed by atoms with Crippen molar-refractivity contribution < 1.29 is 17.6 Å². The van der Waals surface area contributed by atoms with Crippen LogP contribution < -0.4 is 5.32 Å². The zero-order valence-electron chi connectivity index (χ0n) is 12.9. The summed E-state index contributed by atoms with van der Waals surface area (Å²) in [5, 5.41) is 3.86. The van der Waals surface area contributed by atoms with Crippen LogP contribution in [0.5, 0.6) is 0 Å². The van der Waals surface area contributed by atoms with Crippen molar-refractivity contribution in [3.8, 4) is 0 Å². The molecule has 5 nitrogen and oxygen atoms in total. The molecule has 0 radical (unpaired) electrons. The molecular formula is C17H14ClNO4S2. The Morgan fingerprint density at radius 2 is 1.92 bits per heavy atom. The number of benzene rings is 1. The minimum absolute atomic E-state index is 0.102. The lowest BCUT2D eigenvalue weighted by atomic mass is 10.3. The molecule has 0 saturated heterocycles. The molecule has 1 N–H and O–H groups in total. The summed E-state index contributed by atoms with van der Waals surface area (Å²) < 4.78 is 31.3. The number of furan rings is 1. The summed E-state index contributed by atoms with van der Waals surface area (Å²) in [7, 11) is -3.77. The molecule has 3 aromatic rings. The summed E-state index contributed by atoms with van der Waals surface area (Å²) in [6.07, 6.45) is 1.40. The molecule has 0 unspecified atom stereocenters. The number of thiophene rings is 1. The van der Waals surface area contributed by atoms with Gasteiger partial charge in [0.05, 0.1) is 16.0 Å². The molecule has 0 fully saturated rings. The number of amides is 1. The number of nitrogens with one attached hydrogen (secondary N) is 1. The van der Waals surface area contributed by atoms with Crippen molar-refractivity contribution in [1.82, 2.24) is 5.32 Å². The lowest BCUT2D eigenvalue weighted by molar-refractivity contribution is 0.0957. The molecule has 8 heteroatoms. The summed E-state index contributed by atoms with van der Waals surface area (Å²) in [6.45, 7) is -0.102. The van der Waals surface area contributed by atoms with E-state index in [-0.39, 0.29) is 23.1 Å². The van der Waals surface area contributed by atoms with Crippen molar-refractivity contribution in [3.05, 3.63) is 75.8 Å². The summed E-state index contributed by atoms with van der Waals surface area (Å²) in [4.78, 5) is 12.8. The van der Waals surface area contributed by atoms with E-state index in [1.54, 1.807) is 29.6 Å². The Morgan fingerprint density at radius 3 is 2.52 bits per heavy atom. The Morgan fingerprint density at radius 1 is 1.16 bits per heavy atom. The normalized spacial score (nSPS) is 12.7. The summed E-state index contributed by atoms with van der Waals surface area (Å²) in [6, 6.07) is 12.5. The second-order valence-electron chi connectivity index (χ2n) is 5.19. The topological polar surface area (TPSA) is 76.4 Å². The maximum Gasteiger partial charge on any atom is 0.261 e. The standard InChI is InChI=1S/C17H14ClNO4S2/c18-12-5-7-13(8-6-12)25(21,22)16(14-3-1-9-23-14)11-19-17(20)15-4-2-10-24-15/h1-10,16H,11H2,(H,19,20)/t16-/m0/s1. The first-order chi connectivity index (χ1) is 12.0. The van der Waals surface area contributed by atoms with Gasteiger partial charge in [0.1, 0.15) is 11.0 Å². The highest BCUT2D eigenvalue weighted by Crippen LogP contribution is 2.29. The molecule has 3 rings (SSSR count). The van der Waals surface area contributed by atoms with E-state index in [0.29, 0.717) is 9.90 Å². The molecule has 0 aliphatic rings. The van der Waals surface area contributed by atoms with Crippen LogP contribution in [0.2, 0.25) is 5.02 Å². The van der Waals surface area contributed by atoms with Crippen molar-refractivity contribution in [1.29, 1.82) is 0 Å². The quantitative estimate of drug-likeness (QED) is 0.685. The molecule has 2 heterocycles. The third kappa shape index (κ3) is 3.95. The first-order valence-electron chi connectivity index (χ1n) is 7.33. The van der Waals surface area contributed by atoms with Crippen LogP contribution >= 0.6 is 22.9 Å². The van der Waals surface area contributed by atoms with E-state index in [4.69, 9.17) is 16.0 Å². The lowest BCUT2D eigenvalue weighted by Crippen LogP contribution is -2.31. The minimum Gasteiger partial charge on any atom is -0.468 e. The average molecular weight is 396 g/mol. The van der Waals surface area contributed by atoms with Crippen molar-refractivity contribution in [2.75, 3.05) is 6.54 Å². The second-order valence-corrected chi connectivity index (χ2v) is 8.70. The minimum atomic E-state index is -3.77. The van der Waals surface area contributed by atoms with E-state index in [2.05, 4.69) is 5.32 Å². The van der Waals surface area contributed by atoms with Crippen molar-refractivity contribution in [2.45, 2.75) is 10.1 Å². The van der Waals surface area contributed by atoms with Crippen LogP contribution in [0.25, 0.3) is 0 Å². The number of hydrogen-bond donors (Lipinski definition) is 1.